The van der Waals surface area contributed by atoms with Crippen LogP contribution in [0.1, 0.15) is 137 Å². The Kier molecular flexibility index (Phi) is 21.1. The summed E-state index contributed by atoms with van der Waals surface area (Å²) in [4.78, 5) is 14.8. The summed E-state index contributed by atoms with van der Waals surface area (Å²) in [5.74, 6) is -0.120. The first kappa shape index (κ1) is 31.7. The average Bonchev–Trinajstić information content (AvgIpc) is 2.79. The van der Waals surface area contributed by atoms with Gasteiger partial charge in [-0.15, -0.1) is 0 Å². The van der Waals surface area contributed by atoms with E-state index in [0.29, 0.717) is 6.61 Å². The lowest BCUT2D eigenvalue weighted by atomic mass is 10.0. The number of thioether (sulfide) groups is 1. The Morgan fingerprint density at radius 2 is 1.16 bits per heavy atom. The average molecular weight is 488 g/mol. The molecule has 0 saturated carbocycles. The standard InChI is InChI=1S/C27H53NO2S2/c1-6-10-11-12-13-14-15-16-17-18-19-20-21-22-23-24-30-25(29)27(5,7-2)32-26(31)28(8-3)9-4/h6-24H2,1-5H3. The Balaban J connectivity index is 3.70. The van der Waals surface area contributed by atoms with E-state index in [0.717, 1.165) is 36.7 Å². The number of hydrogen-bond donors (Lipinski definition) is 0. The van der Waals surface area contributed by atoms with E-state index in [4.69, 9.17) is 17.0 Å². The number of ether oxygens (including phenoxy) is 1. The summed E-state index contributed by atoms with van der Waals surface area (Å²) in [6.07, 6.45) is 20.8. The predicted octanol–water partition coefficient (Wildman–Crippen LogP) is 8.93. The molecule has 0 aromatic heterocycles. The van der Waals surface area contributed by atoms with Crippen LogP contribution >= 0.6 is 24.0 Å². The Labute approximate surface area is 210 Å². The highest BCUT2D eigenvalue weighted by Gasteiger charge is 2.36. The number of thiocarbonyl (C=S) groups is 1. The van der Waals surface area contributed by atoms with Gasteiger partial charge in [-0.25, -0.2) is 0 Å². The first-order valence-corrected chi connectivity index (χ1v) is 14.8. The first-order chi connectivity index (χ1) is 15.4. The molecule has 1 atom stereocenters. The molecule has 0 rings (SSSR count). The van der Waals surface area contributed by atoms with Gasteiger partial charge < -0.3 is 9.64 Å². The summed E-state index contributed by atoms with van der Waals surface area (Å²) in [5, 5.41) is 0. The van der Waals surface area contributed by atoms with E-state index in [1.165, 1.54) is 95.2 Å². The SMILES string of the molecule is CCCCCCCCCCCCCCCCCOC(=O)C(C)(CC)SC(=S)N(CC)CC. The maximum Gasteiger partial charge on any atom is 0.322 e. The first-order valence-electron chi connectivity index (χ1n) is 13.6. The fourth-order valence-corrected chi connectivity index (χ4v) is 5.66. The van der Waals surface area contributed by atoms with Crippen molar-refractivity contribution in [2.75, 3.05) is 19.7 Å². The van der Waals surface area contributed by atoms with Crippen LogP contribution in [0.3, 0.4) is 0 Å². The number of rotatable bonds is 21. The number of unbranched alkanes of at least 4 members (excludes halogenated alkanes) is 14. The Bertz CT molecular complexity index is 469. The topological polar surface area (TPSA) is 29.5 Å². The number of esters is 1. The van der Waals surface area contributed by atoms with Gasteiger partial charge in [0.15, 0.2) is 0 Å². The summed E-state index contributed by atoms with van der Waals surface area (Å²) in [6.45, 7) is 12.7. The van der Waals surface area contributed by atoms with Gasteiger partial charge in [-0.2, -0.15) is 0 Å². The zero-order chi connectivity index (χ0) is 24.1. The lowest BCUT2D eigenvalue weighted by molar-refractivity contribution is -0.146. The van der Waals surface area contributed by atoms with Crippen molar-refractivity contribution in [3.8, 4) is 0 Å². The molecule has 5 heteroatoms. The van der Waals surface area contributed by atoms with E-state index >= 15 is 0 Å². The largest absolute Gasteiger partial charge is 0.465 e. The minimum atomic E-state index is -0.588. The van der Waals surface area contributed by atoms with Gasteiger partial charge in [0, 0.05) is 13.1 Å². The van der Waals surface area contributed by atoms with Gasteiger partial charge in [0.05, 0.1) is 6.61 Å². The second-order valence-electron chi connectivity index (χ2n) is 9.21. The maximum atomic E-state index is 12.7. The van der Waals surface area contributed by atoms with Crippen LogP contribution in [0, 0.1) is 0 Å². The number of hydrogen-bond acceptors (Lipinski definition) is 4. The van der Waals surface area contributed by atoms with Crippen LogP contribution < -0.4 is 0 Å². The molecule has 1 unspecified atom stereocenters. The molecule has 32 heavy (non-hydrogen) atoms. The highest BCUT2D eigenvalue weighted by molar-refractivity contribution is 8.24. The van der Waals surface area contributed by atoms with Crippen LogP contribution in [-0.4, -0.2) is 39.6 Å². The molecule has 190 valence electrons. The minimum absolute atomic E-state index is 0.120. The van der Waals surface area contributed by atoms with Gasteiger partial charge >= 0.3 is 5.97 Å². The van der Waals surface area contributed by atoms with Gasteiger partial charge in [0.1, 0.15) is 9.07 Å². The number of carbonyl (C=O) groups is 1. The second kappa shape index (κ2) is 21.3. The molecule has 0 spiro atoms. The monoisotopic (exact) mass is 487 g/mol. The van der Waals surface area contributed by atoms with E-state index in [-0.39, 0.29) is 5.97 Å². The van der Waals surface area contributed by atoms with Crippen molar-refractivity contribution in [3.63, 3.8) is 0 Å². The second-order valence-corrected chi connectivity index (χ2v) is 11.3. The van der Waals surface area contributed by atoms with Crippen LogP contribution in [-0.2, 0) is 9.53 Å². The van der Waals surface area contributed by atoms with Gasteiger partial charge in [-0.1, -0.05) is 128 Å². The number of nitrogens with zero attached hydrogens (tertiary/aromatic N) is 1. The number of carbonyl (C=O) groups excluding carboxylic acids is 1. The predicted molar refractivity (Wildman–Crippen MR) is 148 cm³/mol. The van der Waals surface area contributed by atoms with Crippen LogP contribution in [0.25, 0.3) is 0 Å². The van der Waals surface area contributed by atoms with Crippen molar-refractivity contribution >= 4 is 34.3 Å². The van der Waals surface area contributed by atoms with Gasteiger partial charge in [-0.3, -0.25) is 4.79 Å². The zero-order valence-electron chi connectivity index (χ0n) is 22.0. The third-order valence-corrected chi connectivity index (χ3v) is 8.27. The molecule has 0 aromatic carbocycles. The van der Waals surface area contributed by atoms with Crippen molar-refractivity contribution in [2.24, 2.45) is 0 Å². The molecule has 0 aliphatic heterocycles. The molecule has 0 fully saturated rings. The van der Waals surface area contributed by atoms with Crippen LogP contribution in [0.5, 0.6) is 0 Å². The molecule has 0 aliphatic carbocycles. The molecule has 0 aliphatic rings. The van der Waals surface area contributed by atoms with E-state index in [1.807, 2.05) is 13.8 Å². The van der Waals surface area contributed by atoms with Crippen LogP contribution in [0.2, 0.25) is 0 Å². The summed E-state index contributed by atoms with van der Waals surface area (Å²) in [6, 6.07) is 0. The van der Waals surface area contributed by atoms with Gasteiger partial charge in [0.2, 0.25) is 0 Å². The molecule has 0 radical (unpaired) electrons. The lowest BCUT2D eigenvalue weighted by Crippen LogP contribution is -2.38. The molecular formula is C27H53NO2S2. The molecule has 0 amide bonds. The van der Waals surface area contributed by atoms with Crippen molar-refractivity contribution in [1.82, 2.24) is 4.90 Å². The Morgan fingerprint density at radius 1 is 0.750 bits per heavy atom. The highest BCUT2D eigenvalue weighted by atomic mass is 32.2. The summed E-state index contributed by atoms with van der Waals surface area (Å²) in [5.41, 5.74) is 0. The Morgan fingerprint density at radius 3 is 1.53 bits per heavy atom. The van der Waals surface area contributed by atoms with Crippen molar-refractivity contribution in [1.29, 1.82) is 0 Å². The molecule has 0 saturated heterocycles. The van der Waals surface area contributed by atoms with Crippen molar-refractivity contribution in [2.45, 2.75) is 142 Å². The molecule has 0 bridgehead atoms. The summed E-state index contributed by atoms with van der Waals surface area (Å²) < 4.78 is 5.83. The third-order valence-electron chi connectivity index (χ3n) is 6.42. The molecular weight excluding hydrogens is 434 g/mol. The molecule has 3 nitrogen and oxygen atoms in total. The van der Waals surface area contributed by atoms with Crippen molar-refractivity contribution in [3.05, 3.63) is 0 Å². The molecule has 0 heterocycles. The van der Waals surface area contributed by atoms with Crippen molar-refractivity contribution < 1.29 is 9.53 Å². The van der Waals surface area contributed by atoms with E-state index in [9.17, 15) is 4.79 Å². The maximum absolute atomic E-state index is 12.7. The molecule has 0 N–H and O–H groups in total. The zero-order valence-corrected chi connectivity index (χ0v) is 23.6. The lowest BCUT2D eigenvalue weighted by Gasteiger charge is -2.29. The van der Waals surface area contributed by atoms with Crippen LogP contribution in [0.15, 0.2) is 0 Å². The van der Waals surface area contributed by atoms with Gasteiger partial charge in [0.25, 0.3) is 0 Å². The van der Waals surface area contributed by atoms with E-state index in [1.54, 1.807) is 0 Å². The summed E-state index contributed by atoms with van der Waals surface area (Å²) >= 11 is 7.03. The minimum Gasteiger partial charge on any atom is -0.465 e. The normalized spacial score (nSPS) is 13.0. The fraction of sp³-hybridized carbons (Fsp3) is 0.926. The molecule has 0 aromatic rings. The highest BCUT2D eigenvalue weighted by Crippen LogP contribution is 2.32. The third kappa shape index (κ3) is 15.5. The van der Waals surface area contributed by atoms with E-state index < -0.39 is 4.75 Å². The quantitative estimate of drug-likeness (QED) is 0.0915. The van der Waals surface area contributed by atoms with Crippen LogP contribution in [0.4, 0.5) is 0 Å². The Hall–Kier alpha value is -0.290. The van der Waals surface area contributed by atoms with Gasteiger partial charge in [-0.05, 0) is 33.6 Å². The fourth-order valence-electron chi connectivity index (χ4n) is 3.79. The van der Waals surface area contributed by atoms with E-state index in [2.05, 4.69) is 25.7 Å². The summed E-state index contributed by atoms with van der Waals surface area (Å²) in [7, 11) is 0. The smallest absolute Gasteiger partial charge is 0.322 e.